The molecular formula is C11H16O6. The summed E-state index contributed by atoms with van der Waals surface area (Å²) in [6.45, 7) is 4.10. The van der Waals surface area contributed by atoms with Crippen molar-refractivity contribution in [2.45, 2.75) is 19.1 Å². The Morgan fingerprint density at radius 2 is 2.12 bits per heavy atom. The van der Waals surface area contributed by atoms with Crippen molar-refractivity contribution in [3.63, 3.8) is 0 Å². The molecule has 0 aromatic heterocycles. The van der Waals surface area contributed by atoms with Gasteiger partial charge in [-0.15, -0.1) is 0 Å². The molecular weight excluding hydrogens is 228 g/mol. The van der Waals surface area contributed by atoms with Gasteiger partial charge in [0.2, 0.25) is 6.29 Å². The average molecular weight is 244 g/mol. The number of esters is 2. The van der Waals surface area contributed by atoms with E-state index in [1.165, 1.54) is 0 Å². The van der Waals surface area contributed by atoms with Crippen LogP contribution in [-0.4, -0.2) is 44.7 Å². The van der Waals surface area contributed by atoms with Gasteiger partial charge in [0.05, 0.1) is 6.61 Å². The van der Waals surface area contributed by atoms with Crippen molar-refractivity contribution in [3.8, 4) is 0 Å². The third-order valence-corrected chi connectivity index (χ3v) is 2.00. The summed E-state index contributed by atoms with van der Waals surface area (Å²) in [5.74, 6) is -1.34. The van der Waals surface area contributed by atoms with Crippen LogP contribution >= 0.6 is 0 Å². The molecule has 6 heteroatoms. The topological polar surface area (TPSA) is 71.1 Å². The molecule has 0 spiro atoms. The highest BCUT2D eigenvalue weighted by Crippen LogP contribution is 2.04. The molecule has 1 aliphatic rings. The monoisotopic (exact) mass is 244 g/mol. The van der Waals surface area contributed by atoms with Gasteiger partial charge in [-0.1, -0.05) is 6.58 Å². The van der Waals surface area contributed by atoms with E-state index in [-0.39, 0.29) is 6.61 Å². The fraction of sp³-hybridized carbons (Fsp3) is 0.636. The van der Waals surface area contributed by atoms with Crippen molar-refractivity contribution in [3.05, 3.63) is 12.7 Å². The Morgan fingerprint density at radius 3 is 2.88 bits per heavy atom. The minimum Gasteiger partial charge on any atom is -0.451 e. The minimum atomic E-state index is -0.731. The molecule has 0 radical (unpaired) electrons. The summed E-state index contributed by atoms with van der Waals surface area (Å²) in [6, 6.07) is 0. The first-order valence-corrected chi connectivity index (χ1v) is 5.40. The fourth-order valence-electron chi connectivity index (χ4n) is 1.19. The second-order valence-corrected chi connectivity index (χ2v) is 3.38. The van der Waals surface area contributed by atoms with E-state index in [9.17, 15) is 9.59 Å². The zero-order chi connectivity index (χ0) is 12.5. The van der Waals surface area contributed by atoms with Gasteiger partial charge in [-0.25, -0.2) is 9.59 Å². The lowest BCUT2D eigenvalue weighted by atomic mass is 10.3. The molecule has 0 aliphatic carbocycles. The molecule has 0 aromatic carbocycles. The van der Waals surface area contributed by atoms with E-state index < -0.39 is 24.8 Å². The van der Waals surface area contributed by atoms with Gasteiger partial charge < -0.3 is 18.9 Å². The molecule has 1 rings (SSSR count). The summed E-state index contributed by atoms with van der Waals surface area (Å²) in [5, 5.41) is 0. The first-order valence-electron chi connectivity index (χ1n) is 5.40. The van der Waals surface area contributed by atoms with Crippen LogP contribution in [0.2, 0.25) is 0 Å². The number of hydrogen-bond donors (Lipinski definition) is 0. The zero-order valence-corrected chi connectivity index (χ0v) is 9.55. The lowest BCUT2D eigenvalue weighted by molar-refractivity contribution is -0.199. The molecule has 1 unspecified atom stereocenters. The van der Waals surface area contributed by atoms with Gasteiger partial charge in [-0.3, -0.25) is 0 Å². The number of carbonyl (C=O) groups excluding carboxylic acids is 2. The summed E-state index contributed by atoms with van der Waals surface area (Å²) in [6.07, 6.45) is 2.03. The molecule has 0 N–H and O–H groups in total. The highest BCUT2D eigenvalue weighted by atomic mass is 16.7. The zero-order valence-electron chi connectivity index (χ0n) is 9.55. The van der Waals surface area contributed by atoms with E-state index in [0.717, 1.165) is 18.9 Å². The van der Waals surface area contributed by atoms with Crippen LogP contribution in [0.25, 0.3) is 0 Å². The summed E-state index contributed by atoms with van der Waals surface area (Å²) in [5.41, 5.74) is 0. The van der Waals surface area contributed by atoms with Crippen LogP contribution in [0.5, 0.6) is 0 Å². The van der Waals surface area contributed by atoms with Gasteiger partial charge in [0, 0.05) is 12.7 Å². The van der Waals surface area contributed by atoms with E-state index in [2.05, 4.69) is 11.3 Å². The van der Waals surface area contributed by atoms with E-state index in [1.807, 2.05) is 0 Å². The van der Waals surface area contributed by atoms with Crippen LogP contribution in [0.4, 0.5) is 0 Å². The molecule has 0 amide bonds. The van der Waals surface area contributed by atoms with Crippen molar-refractivity contribution in [2.75, 3.05) is 26.4 Å². The highest BCUT2D eigenvalue weighted by molar-refractivity contribution is 5.83. The third-order valence-electron chi connectivity index (χ3n) is 2.00. The Labute approximate surface area is 99.5 Å². The molecule has 1 heterocycles. The number of ether oxygens (including phenoxy) is 4. The summed E-state index contributed by atoms with van der Waals surface area (Å²) in [7, 11) is 0. The van der Waals surface area contributed by atoms with E-state index in [0.29, 0.717) is 13.2 Å². The van der Waals surface area contributed by atoms with Crippen LogP contribution in [0.3, 0.4) is 0 Å². The molecule has 0 bridgehead atoms. The third kappa shape index (κ3) is 6.03. The van der Waals surface area contributed by atoms with Crippen LogP contribution in [-0.2, 0) is 28.5 Å². The quantitative estimate of drug-likeness (QED) is 0.527. The Kier molecular flexibility index (Phi) is 6.27. The lowest BCUT2D eigenvalue weighted by Crippen LogP contribution is -2.30. The lowest BCUT2D eigenvalue weighted by Gasteiger charge is -2.20. The van der Waals surface area contributed by atoms with E-state index in [1.54, 1.807) is 0 Å². The predicted molar refractivity (Wildman–Crippen MR) is 57.0 cm³/mol. The Bertz CT molecular complexity index is 267. The Hall–Kier alpha value is -1.40. The first kappa shape index (κ1) is 13.7. The van der Waals surface area contributed by atoms with E-state index in [4.69, 9.17) is 14.2 Å². The molecule has 17 heavy (non-hydrogen) atoms. The fourth-order valence-corrected chi connectivity index (χ4v) is 1.19. The van der Waals surface area contributed by atoms with Crippen molar-refractivity contribution < 1.29 is 28.5 Å². The molecule has 6 nitrogen and oxygen atoms in total. The van der Waals surface area contributed by atoms with Gasteiger partial charge in [0.15, 0.2) is 6.61 Å². The normalized spacial score (nSPS) is 20.8. The van der Waals surface area contributed by atoms with Crippen molar-refractivity contribution in [1.82, 2.24) is 0 Å². The van der Waals surface area contributed by atoms with Gasteiger partial charge in [0.25, 0.3) is 0 Å². The Balaban J connectivity index is 2.23. The molecule has 1 fully saturated rings. The van der Waals surface area contributed by atoms with Crippen molar-refractivity contribution >= 4 is 11.9 Å². The first-order chi connectivity index (χ1) is 8.22. The average Bonchev–Trinajstić information content (AvgIpc) is 2.29. The smallest absolute Gasteiger partial charge is 0.346 e. The molecule has 1 aliphatic heterocycles. The van der Waals surface area contributed by atoms with Crippen LogP contribution in [0, 0.1) is 0 Å². The number of rotatable bonds is 4. The second-order valence-electron chi connectivity index (χ2n) is 3.38. The van der Waals surface area contributed by atoms with E-state index >= 15 is 0 Å². The molecule has 1 atom stereocenters. The maximum absolute atomic E-state index is 11.3. The summed E-state index contributed by atoms with van der Waals surface area (Å²) >= 11 is 0. The standard InChI is InChI=1S/C11H16O6/c1-2-9(12)16-7-10(13)17-11-8-14-5-3-4-6-15-11/h2,11H,1,3-8H2. The summed E-state index contributed by atoms with van der Waals surface area (Å²) in [4.78, 5) is 22.0. The number of hydrogen-bond acceptors (Lipinski definition) is 6. The minimum absolute atomic E-state index is 0.196. The SMILES string of the molecule is C=CC(=O)OCC(=O)OC1COCCCCO1. The highest BCUT2D eigenvalue weighted by Gasteiger charge is 2.17. The van der Waals surface area contributed by atoms with Gasteiger partial charge in [0.1, 0.15) is 6.61 Å². The maximum atomic E-state index is 11.3. The predicted octanol–water partition coefficient (Wildman–Crippen LogP) is 0.412. The van der Waals surface area contributed by atoms with Gasteiger partial charge in [-0.2, -0.15) is 0 Å². The second kappa shape index (κ2) is 7.81. The van der Waals surface area contributed by atoms with Crippen LogP contribution in [0.1, 0.15) is 12.8 Å². The van der Waals surface area contributed by atoms with Crippen molar-refractivity contribution in [2.24, 2.45) is 0 Å². The molecule has 1 saturated heterocycles. The van der Waals surface area contributed by atoms with Gasteiger partial charge >= 0.3 is 11.9 Å². The molecule has 0 saturated carbocycles. The molecule has 0 aromatic rings. The number of carbonyl (C=O) groups is 2. The largest absolute Gasteiger partial charge is 0.451 e. The van der Waals surface area contributed by atoms with Gasteiger partial charge in [-0.05, 0) is 12.8 Å². The van der Waals surface area contributed by atoms with Crippen LogP contribution in [0.15, 0.2) is 12.7 Å². The molecule has 96 valence electrons. The summed E-state index contributed by atoms with van der Waals surface area (Å²) < 4.78 is 19.9. The van der Waals surface area contributed by atoms with Crippen molar-refractivity contribution in [1.29, 1.82) is 0 Å². The Morgan fingerprint density at radius 1 is 1.35 bits per heavy atom. The van der Waals surface area contributed by atoms with Crippen LogP contribution < -0.4 is 0 Å². The maximum Gasteiger partial charge on any atom is 0.346 e.